The van der Waals surface area contributed by atoms with Crippen LogP contribution >= 0.6 is 0 Å². The Hall–Kier alpha value is -1.95. The Balaban J connectivity index is 2.04. The number of rotatable bonds is 5. The summed E-state index contributed by atoms with van der Waals surface area (Å²) in [6, 6.07) is 1.78. The number of fused-ring (bicyclic) bond motifs is 1. The highest BCUT2D eigenvalue weighted by Crippen LogP contribution is 2.13. The summed E-state index contributed by atoms with van der Waals surface area (Å²) in [5.41, 5.74) is 1.19. The number of hydrogen-bond acceptors (Lipinski definition) is 4. The summed E-state index contributed by atoms with van der Waals surface area (Å²) in [6.45, 7) is 1.20. The highest BCUT2D eigenvalue weighted by molar-refractivity contribution is 6.04. The van der Waals surface area contributed by atoms with Gasteiger partial charge in [-0.3, -0.25) is 14.9 Å². The highest BCUT2D eigenvalue weighted by atomic mass is 16.5. The van der Waals surface area contributed by atoms with Crippen molar-refractivity contribution in [2.45, 2.75) is 6.42 Å². The van der Waals surface area contributed by atoms with E-state index < -0.39 is 0 Å². The van der Waals surface area contributed by atoms with Gasteiger partial charge in [0.1, 0.15) is 0 Å². The molecule has 1 amide bonds. The van der Waals surface area contributed by atoms with E-state index in [-0.39, 0.29) is 5.91 Å². The molecular formula is C11H14N4O2. The summed E-state index contributed by atoms with van der Waals surface area (Å²) in [4.78, 5) is 15.8. The third-order valence-electron chi connectivity index (χ3n) is 2.39. The molecule has 6 nitrogen and oxygen atoms in total. The maximum absolute atomic E-state index is 11.8. The molecule has 0 saturated heterocycles. The minimum absolute atomic E-state index is 0.194. The Morgan fingerprint density at radius 2 is 2.47 bits per heavy atom. The minimum Gasteiger partial charge on any atom is -0.385 e. The molecule has 2 rings (SSSR count). The Bertz CT molecular complexity index is 509. The first-order valence-electron chi connectivity index (χ1n) is 5.38. The van der Waals surface area contributed by atoms with Crippen molar-refractivity contribution in [3.05, 3.63) is 24.2 Å². The summed E-state index contributed by atoms with van der Waals surface area (Å²) < 4.78 is 4.90. The fraction of sp³-hybridized carbons (Fsp3) is 0.364. The maximum Gasteiger partial charge on any atom is 0.272 e. The minimum atomic E-state index is -0.194. The lowest BCUT2D eigenvalue weighted by molar-refractivity contribution is 0.0945. The van der Waals surface area contributed by atoms with Gasteiger partial charge in [0.15, 0.2) is 5.69 Å². The molecule has 0 spiro atoms. The lowest BCUT2D eigenvalue weighted by atomic mass is 10.2. The molecule has 0 saturated carbocycles. The Morgan fingerprint density at radius 3 is 3.29 bits per heavy atom. The van der Waals surface area contributed by atoms with Gasteiger partial charge in [0.25, 0.3) is 5.91 Å². The number of H-pyrrole nitrogens is 1. The van der Waals surface area contributed by atoms with Crippen LogP contribution in [0.2, 0.25) is 0 Å². The molecule has 0 atom stereocenters. The summed E-state index contributed by atoms with van der Waals surface area (Å²) in [5, 5.41) is 10.3. The van der Waals surface area contributed by atoms with E-state index in [0.29, 0.717) is 18.8 Å². The van der Waals surface area contributed by atoms with Gasteiger partial charge in [-0.1, -0.05) is 0 Å². The molecular weight excluding hydrogens is 220 g/mol. The number of aromatic amines is 1. The molecule has 2 aromatic heterocycles. The van der Waals surface area contributed by atoms with Crippen molar-refractivity contribution in [2.75, 3.05) is 20.3 Å². The van der Waals surface area contributed by atoms with Gasteiger partial charge in [0, 0.05) is 32.7 Å². The molecule has 90 valence electrons. The zero-order valence-electron chi connectivity index (χ0n) is 9.56. The number of aromatic nitrogens is 3. The van der Waals surface area contributed by atoms with Crippen LogP contribution in [0.5, 0.6) is 0 Å². The third kappa shape index (κ3) is 2.59. The lowest BCUT2D eigenvalue weighted by Crippen LogP contribution is -2.25. The molecule has 0 radical (unpaired) electrons. The number of nitrogens with one attached hydrogen (secondary N) is 2. The van der Waals surface area contributed by atoms with Gasteiger partial charge < -0.3 is 10.1 Å². The van der Waals surface area contributed by atoms with Crippen molar-refractivity contribution < 1.29 is 9.53 Å². The molecule has 2 heterocycles. The molecule has 0 aliphatic rings. The van der Waals surface area contributed by atoms with Gasteiger partial charge in [-0.05, 0) is 12.5 Å². The standard InChI is InChI=1S/C11H14N4O2/c1-17-6-2-4-13-11(16)10-8-7-12-5-3-9(8)14-15-10/h3,5,7H,2,4,6H2,1H3,(H,13,16)(H,14,15). The first-order valence-corrected chi connectivity index (χ1v) is 5.38. The number of nitrogens with zero attached hydrogens (tertiary/aromatic N) is 2. The van der Waals surface area contributed by atoms with Crippen molar-refractivity contribution in [3.8, 4) is 0 Å². The van der Waals surface area contributed by atoms with Gasteiger partial charge >= 0.3 is 0 Å². The maximum atomic E-state index is 11.8. The van der Waals surface area contributed by atoms with Crippen molar-refractivity contribution >= 4 is 16.8 Å². The molecule has 0 unspecified atom stereocenters. The molecule has 0 aliphatic carbocycles. The number of carbonyl (C=O) groups excluding carboxylic acids is 1. The van der Waals surface area contributed by atoms with E-state index >= 15 is 0 Å². The van der Waals surface area contributed by atoms with Crippen molar-refractivity contribution in [1.29, 1.82) is 0 Å². The number of carbonyl (C=O) groups is 1. The van der Waals surface area contributed by atoms with E-state index in [4.69, 9.17) is 4.74 Å². The van der Waals surface area contributed by atoms with Gasteiger partial charge in [0.05, 0.1) is 10.9 Å². The van der Waals surface area contributed by atoms with Crippen LogP contribution in [0.3, 0.4) is 0 Å². The van der Waals surface area contributed by atoms with Gasteiger partial charge in [0.2, 0.25) is 0 Å². The summed E-state index contributed by atoms with van der Waals surface area (Å²) in [5.74, 6) is -0.194. The average molecular weight is 234 g/mol. The van der Waals surface area contributed by atoms with Crippen LogP contribution in [-0.4, -0.2) is 41.3 Å². The molecule has 6 heteroatoms. The normalized spacial score (nSPS) is 10.6. The zero-order chi connectivity index (χ0) is 12.1. The monoisotopic (exact) mass is 234 g/mol. The fourth-order valence-corrected chi connectivity index (χ4v) is 1.53. The third-order valence-corrected chi connectivity index (χ3v) is 2.39. The largest absolute Gasteiger partial charge is 0.385 e. The van der Waals surface area contributed by atoms with Crippen LogP contribution in [0, 0.1) is 0 Å². The molecule has 0 aromatic carbocycles. The zero-order valence-corrected chi connectivity index (χ0v) is 9.56. The smallest absolute Gasteiger partial charge is 0.272 e. The Labute approximate surface area is 98.4 Å². The SMILES string of the molecule is COCCCNC(=O)c1n[nH]c2ccncc12. The van der Waals surface area contributed by atoms with Crippen LogP contribution in [0.15, 0.2) is 18.5 Å². The van der Waals surface area contributed by atoms with E-state index in [1.54, 1.807) is 25.6 Å². The van der Waals surface area contributed by atoms with E-state index in [1.807, 2.05) is 0 Å². The highest BCUT2D eigenvalue weighted by Gasteiger charge is 2.13. The summed E-state index contributed by atoms with van der Waals surface area (Å²) >= 11 is 0. The number of hydrogen-bond donors (Lipinski definition) is 2. The van der Waals surface area contributed by atoms with E-state index in [0.717, 1.165) is 17.3 Å². The molecule has 0 fully saturated rings. The summed E-state index contributed by atoms with van der Waals surface area (Å²) in [7, 11) is 1.63. The Morgan fingerprint density at radius 1 is 1.59 bits per heavy atom. The van der Waals surface area contributed by atoms with E-state index in [9.17, 15) is 4.79 Å². The number of ether oxygens (including phenoxy) is 1. The van der Waals surface area contributed by atoms with Crippen molar-refractivity contribution in [2.24, 2.45) is 0 Å². The van der Waals surface area contributed by atoms with Crippen molar-refractivity contribution in [1.82, 2.24) is 20.5 Å². The second-order valence-corrected chi connectivity index (χ2v) is 3.60. The van der Waals surface area contributed by atoms with Gasteiger partial charge in [-0.2, -0.15) is 5.10 Å². The lowest BCUT2D eigenvalue weighted by Gasteiger charge is -2.02. The van der Waals surface area contributed by atoms with E-state index in [2.05, 4.69) is 20.5 Å². The second-order valence-electron chi connectivity index (χ2n) is 3.60. The van der Waals surface area contributed by atoms with E-state index in [1.165, 1.54) is 0 Å². The van der Waals surface area contributed by atoms with Crippen LogP contribution in [0.4, 0.5) is 0 Å². The summed E-state index contributed by atoms with van der Waals surface area (Å²) in [6.07, 6.45) is 4.06. The molecule has 17 heavy (non-hydrogen) atoms. The van der Waals surface area contributed by atoms with Crippen molar-refractivity contribution in [3.63, 3.8) is 0 Å². The first-order chi connectivity index (χ1) is 8.33. The van der Waals surface area contributed by atoms with Crippen LogP contribution in [0.25, 0.3) is 10.9 Å². The van der Waals surface area contributed by atoms with Gasteiger partial charge in [-0.15, -0.1) is 0 Å². The Kier molecular flexibility index (Phi) is 3.66. The number of methoxy groups -OCH3 is 1. The van der Waals surface area contributed by atoms with Crippen LogP contribution in [0.1, 0.15) is 16.9 Å². The second kappa shape index (κ2) is 5.40. The topological polar surface area (TPSA) is 79.9 Å². The molecule has 0 aliphatic heterocycles. The quantitative estimate of drug-likeness (QED) is 0.747. The molecule has 0 bridgehead atoms. The average Bonchev–Trinajstić information content (AvgIpc) is 2.78. The predicted molar refractivity (Wildman–Crippen MR) is 62.7 cm³/mol. The number of amides is 1. The van der Waals surface area contributed by atoms with Crippen LogP contribution < -0.4 is 5.32 Å². The van der Waals surface area contributed by atoms with Gasteiger partial charge in [-0.25, -0.2) is 0 Å². The first kappa shape index (κ1) is 11.5. The molecule has 2 N–H and O–H groups in total. The predicted octanol–water partition coefficient (Wildman–Crippen LogP) is 0.724. The number of pyridine rings is 1. The fourth-order valence-electron chi connectivity index (χ4n) is 1.53. The molecule has 2 aromatic rings. The van der Waals surface area contributed by atoms with Crippen LogP contribution in [-0.2, 0) is 4.74 Å².